The monoisotopic (exact) mass is 140 g/mol. The van der Waals surface area contributed by atoms with Crippen molar-refractivity contribution in [2.24, 2.45) is 5.92 Å². The summed E-state index contributed by atoms with van der Waals surface area (Å²) in [5.74, 6) is -0.891. The molecule has 10 heavy (non-hydrogen) atoms. The minimum Gasteiger partial charge on any atom is -0.481 e. The molecule has 0 aromatic heterocycles. The molecule has 0 heterocycles. The van der Waals surface area contributed by atoms with Crippen molar-refractivity contribution in [3.63, 3.8) is 0 Å². The number of carboxylic acids is 1. The van der Waals surface area contributed by atoms with E-state index in [0.717, 1.165) is 24.8 Å². The van der Waals surface area contributed by atoms with Crippen LogP contribution >= 0.6 is 0 Å². The third-order valence-corrected chi connectivity index (χ3v) is 1.76. The van der Waals surface area contributed by atoms with Gasteiger partial charge in [-0.1, -0.05) is 25.0 Å². The van der Waals surface area contributed by atoms with E-state index in [1.54, 1.807) is 0 Å². The van der Waals surface area contributed by atoms with Crippen LogP contribution in [0.25, 0.3) is 0 Å². The molecule has 0 saturated carbocycles. The molecule has 0 aromatic carbocycles. The van der Waals surface area contributed by atoms with E-state index in [1.165, 1.54) is 0 Å². The minimum atomic E-state index is -0.689. The maximum atomic E-state index is 10.3. The van der Waals surface area contributed by atoms with Crippen molar-refractivity contribution < 1.29 is 9.90 Å². The lowest BCUT2D eigenvalue weighted by molar-refractivity contribution is -0.137. The van der Waals surface area contributed by atoms with Gasteiger partial charge in [0.15, 0.2) is 0 Å². The topological polar surface area (TPSA) is 37.3 Å². The maximum Gasteiger partial charge on any atom is 0.314 e. The van der Waals surface area contributed by atoms with E-state index in [-0.39, 0.29) is 5.92 Å². The zero-order valence-corrected chi connectivity index (χ0v) is 6.13. The Morgan fingerprint density at radius 1 is 1.80 bits per heavy atom. The highest BCUT2D eigenvalue weighted by Gasteiger charge is 2.30. The van der Waals surface area contributed by atoms with E-state index in [1.807, 2.05) is 6.08 Å². The highest BCUT2D eigenvalue weighted by atomic mass is 16.4. The fourth-order valence-electron chi connectivity index (χ4n) is 1.02. The van der Waals surface area contributed by atoms with Crippen LogP contribution < -0.4 is 0 Å². The van der Waals surface area contributed by atoms with Crippen LogP contribution in [0.1, 0.15) is 26.2 Å². The van der Waals surface area contributed by atoms with E-state index in [4.69, 9.17) is 5.11 Å². The van der Waals surface area contributed by atoms with E-state index < -0.39 is 5.97 Å². The molecule has 0 saturated heterocycles. The third-order valence-electron chi connectivity index (χ3n) is 1.76. The number of carboxylic acid groups (broad SMARTS) is 1. The SMILES string of the molecule is CCCCC1=C[C@@H]1C(=O)O. The normalized spacial score (nSPS) is 22.1. The van der Waals surface area contributed by atoms with Crippen molar-refractivity contribution in [1.29, 1.82) is 0 Å². The molecule has 0 radical (unpaired) electrons. The Kier molecular flexibility index (Phi) is 2.10. The van der Waals surface area contributed by atoms with Crippen LogP contribution in [-0.2, 0) is 4.79 Å². The van der Waals surface area contributed by atoms with E-state index in [9.17, 15) is 4.79 Å². The van der Waals surface area contributed by atoms with Gasteiger partial charge in [-0.05, 0) is 12.8 Å². The average molecular weight is 140 g/mol. The van der Waals surface area contributed by atoms with Crippen molar-refractivity contribution >= 4 is 5.97 Å². The molecule has 0 spiro atoms. The van der Waals surface area contributed by atoms with E-state index in [0.29, 0.717) is 0 Å². The van der Waals surface area contributed by atoms with Crippen LogP contribution in [0.2, 0.25) is 0 Å². The van der Waals surface area contributed by atoms with E-state index >= 15 is 0 Å². The molecule has 0 aromatic rings. The van der Waals surface area contributed by atoms with Gasteiger partial charge in [0.25, 0.3) is 0 Å². The van der Waals surface area contributed by atoms with Crippen LogP contribution in [-0.4, -0.2) is 11.1 Å². The predicted octanol–water partition coefficient (Wildman–Crippen LogP) is 1.82. The average Bonchev–Trinajstić information content (AvgIpc) is 2.62. The third kappa shape index (κ3) is 1.59. The first kappa shape index (κ1) is 7.32. The number of hydrogen-bond donors (Lipinski definition) is 1. The summed E-state index contributed by atoms with van der Waals surface area (Å²) in [6, 6.07) is 0. The number of unbranched alkanes of at least 4 members (excludes halogenated alkanes) is 1. The summed E-state index contributed by atoms with van der Waals surface area (Å²) in [7, 11) is 0. The second-order valence-corrected chi connectivity index (χ2v) is 2.66. The molecular formula is C8H12O2. The van der Waals surface area contributed by atoms with Gasteiger partial charge in [-0.25, -0.2) is 0 Å². The molecule has 0 fully saturated rings. The summed E-state index contributed by atoms with van der Waals surface area (Å²) in [6.45, 7) is 2.11. The Labute approximate surface area is 60.6 Å². The Bertz CT molecular complexity index is 170. The summed E-state index contributed by atoms with van der Waals surface area (Å²) in [4.78, 5) is 10.3. The smallest absolute Gasteiger partial charge is 0.314 e. The van der Waals surface area contributed by atoms with Crippen LogP contribution in [0.5, 0.6) is 0 Å². The zero-order chi connectivity index (χ0) is 7.56. The van der Waals surface area contributed by atoms with E-state index in [2.05, 4.69) is 6.92 Å². The van der Waals surface area contributed by atoms with Crippen molar-refractivity contribution in [2.45, 2.75) is 26.2 Å². The summed E-state index contributed by atoms with van der Waals surface area (Å²) in [5.41, 5.74) is 1.12. The second kappa shape index (κ2) is 2.86. The maximum absolute atomic E-state index is 10.3. The molecule has 1 atom stereocenters. The molecule has 1 rings (SSSR count). The lowest BCUT2D eigenvalue weighted by atomic mass is 10.2. The van der Waals surface area contributed by atoms with Crippen LogP contribution in [0.15, 0.2) is 11.6 Å². The van der Waals surface area contributed by atoms with Crippen molar-refractivity contribution in [2.75, 3.05) is 0 Å². The number of hydrogen-bond acceptors (Lipinski definition) is 1. The van der Waals surface area contributed by atoms with Crippen molar-refractivity contribution in [3.05, 3.63) is 11.6 Å². The van der Waals surface area contributed by atoms with Gasteiger partial charge in [0.1, 0.15) is 0 Å². The quantitative estimate of drug-likeness (QED) is 0.605. The Morgan fingerprint density at radius 2 is 2.50 bits per heavy atom. The first-order valence-electron chi connectivity index (χ1n) is 3.69. The fourth-order valence-corrected chi connectivity index (χ4v) is 1.02. The highest BCUT2D eigenvalue weighted by Crippen LogP contribution is 2.33. The molecule has 1 N–H and O–H groups in total. The first-order chi connectivity index (χ1) is 4.75. The van der Waals surface area contributed by atoms with Gasteiger partial charge in [-0.15, -0.1) is 0 Å². The van der Waals surface area contributed by atoms with Gasteiger partial charge in [0.05, 0.1) is 5.92 Å². The van der Waals surface area contributed by atoms with Crippen LogP contribution in [0.3, 0.4) is 0 Å². The highest BCUT2D eigenvalue weighted by molar-refractivity contribution is 5.81. The van der Waals surface area contributed by atoms with Crippen molar-refractivity contribution in [1.82, 2.24) is 0 Å². The Balaban J connectivity index is 2.13. The predicted molar refractivity (Wildman–Crippen MR) is 38.7 cm³/mol. The Morgan fingerprint density at radius 3 is 2.90 bits per heavy atom. The molecule has 2 heteroatoms. The first-order valence-corrected chi connectivity index (χ1v) is 3.69. The summed E-state index contributed by atoms with van der Waals surface area (Å²) >= 11 is 0. The minimum absolute atomic E-state index is 0.202. The Hall–Kier alpha value is -0.790. The summed E-state index contributed by atoms with van der Waals surface area (Å²) in [5, 5.41) is 8.47. The van der Waals surface area contributed by atoms with Gasteiger partial charge in [-0.2, -0.15) is 0 Å². The lowest BCUT2D eigenvalue weighted by Crippen LogP contribution is -1.99. The molecular weight excluding hydrogens is 128 g/mol. The van der Waals surface area contributed by atoms with Gasteiger partial charge in [0.2, 0.25) is 0 Å². The summed E-state index contributed by atoms with van der Waals surface area (Å²) in [6.07, 6.45) is 5.07. The molecule has 2 nitrogen and oxygen atoms in total. The fraction of sp³-hybridized carbons (Fsp3) is 0.625. The molecule has 0 amide bonds. The number of rotatable bonds is 4. The van der Waals surface area contributed by atoms with Gasteiger partial charge in [-0.3, -0.25) is 4.79 Å². The van der Waals surface area contributed by atoms with Crippen LogP contribution in [0, 0.1) is 5.92 Å². The molecule has 0 aliphatic heterocycles. The zero-order valence-electron chi connectivity index (χ0n) is 6.13. The van der Waals surface area contributed by atoms with Gasteiger partial charge in [0, 0.05) is 0 Å². The largest absolute Gasteiger partial charge is 0.481 e. The van der Waals surface area contributed by atoms with Gasteiger partial charge < -0.3 is 5.11 Å². The summed E-state index contributed by atoms with van der Waals surface area (Å²) < 4.78 is 0. The number of aliphatic carboxylic acids is 1. The second-order valence-electron chi connectivity index (χ2n) is 2.66. The molecule has 0 unspecified atom stereocenters. The standard InChI is InChI=1S/C8H12O2/c1-2-3-4-6-5-7(6)8(9)10/h5,7H,2-4H2,1H3,(H,9,10)/t7-/m0/s1. The van der Waals surface area contributed by atoms with Crippen molar-refractivity contribution in [3.8, 4) is 0 Å². The molecule has 1 aliphatic carbocycles. The van der Waals surface area contributed by atoms with Gasteiger partial charge >= 0.3 is 5.97 Å². The molecule has 1 aliphatic rings. The number of carbonyl (C=O) groups is 1. The lowest BCUT2D eigenvalue weighted by Gasteiger charge is -1.92. The molecule has 0 bridgehead atoms. The van der Waals surface area contributed by atoms with Crippen LogP contribution in [0.4, 0.5) is 0 Å². The molecule has 56 valence electrons.